The maximum Gasteiger partial charge on any atom is 0.319 e. The SMILES string of the molecule is CC(=O)c1ccc(NC(=O)NCC2(O)CCCCC2)cc1. The van der Waals surface area contributed by atoms with E-state index in [0.717, 1.165) is 32.1 Å². The average Bonchev–Trinajstić information content (AvgIpc) is 2.47. The van der Waals surface area contributed by atoms with Crippen molar-refractivity contribution in [2.45, 2.75) is 44.6 Å². The third-order valence-corrected chi connectivity index (χ3v) is 3.91. The zero-order valence-electron chi connectivity index (χ0n) is 12.3. The molecule has 5 heteroatoms. The van der Waals surface area contributed by atoms with Gasteiger partial charge >= 0.3 is 6.03 Å². The van der Waals surface area contributed by atoms with Gasteiger partial charge in [0, 0.05) is 17.8 Å². The fourth-order valence-electron chi connectivity index (χ4n) is 2.60. The maximum atomic E-state index is 11.8. The largest absolute Gasteiger partial charge is 0.388 e. The van der Waals surface area contributed by atoms with Crippen LogP contribution in [-0.2, 0) is 0 Å². The van der Waals surface area contributed by atoms with E-state index in [0.29, 0.717) is 11.3 Å². The zero-order chi connectivity index (χ0) is 15.3. The lowest BCUT2D eigenvalue weighted by Crippen LogP contribution is -2.45. The number of rotatable bonds is 4. The number of aliphatic hydroxyl groups is 1. The number of carbonyl (C=O) groups excluding carboxylic acids is 2. The Morgan fingerprint density at radius 1 is 1.14 bits per heavy atom. The van der Waals surface area contributed by atoms with Crippen LogP contribution >= 0.6 is 0 Å². The lowest BCUT2D eigenvalue weighted by Gasteiger charge is -2.32. The molecule has 114 valence electrons. The van der Waals surface area contributed by atoms with E-state index in [1.807, 2.05) is 0 Å². The Balaban J connectivity index is 1.82. The van der Waals surface area contributed by atoms with Gasteiger partial charge in [0.05, 0.1) is 5.60 Å². The summed E-state index contributed by atoms with van der Waals surface area (Å²) in [5.41, 5.74) is 0.458. The summed E-state index contributed by atoms with van der Waals surface area (Å²) in [7, 11) is 0. The molecule has 2 rings (SSSR count). The van der Waals surface area contributed by atoms with E-state index in [1.165, 1.54) is 6.92 Å². The second-order valence-electron chi connectivity index (χ2n) is 5.73. The highest BCUT2D eigenvalue weighted by Gasteiger charge is 2.29. The van der Waals surface area contributed by atoms with E-state index in [-0.39, 0.29) is 18.4 Å². The standard InChI is InChI=1S/C16H22N2O3/c1-12(19)13-5-7-14(8-6-13)18-15(20)17-11-16(21)9-3-2-4-10-16/h5-8,21H,2-4,9-11H2,1H3,(H2,17,18,20). The van der Waals surface area contributed by atoms with Crippen molar-refractivity contribution in [1.82, 2.24) is 5.32 Å². The summed E-state index contributed by atoms with van der Waals surface area (Å²) in [6.45, 7) is 1.77. The van der Waals surface area contributed by atoms with Crippen LogP contribution in [0.3, 0.4) is 0 Å². The molecule has 5 nitrogen and oxygen atoms in total. The number of hydrogen-bond donors (Lipinski definition) is 3. The number of urea groups is 1. The van der Waals surface area contributed by atoms with Crippen molar-refractivity contribution in [2.75, 3.05) is 11.9 Å². The molecule has 0 aliphatic heterocycles. The van der Waals surface area contributed by atoms with Crippen molar-refractivity contribution in [1.29, 1.82) is 0 Å². The Labute approximate surface area is 124 Å². The molecule has 0 aromatic heterocycles. The molecule has 1 aromatic carbocycles. The number of amides is 2. The fourth-order valence-corrected chi connectivity index (χ4v) is 2.60. The van der Waals surface area contributed by atoms with Gasteiger partial charge in [-0.2, -0.15) is 0 Å². The summed E-state index contributed by atoms with van der Waals surface area (Å²) in [5.74, 6) is -0.00878. The monoisotopic (exact) mass is 290 g/mol. The highest BCUT2D eigenvalue weighted by atomic mass is 16.3. The molecule has 1 aromatic rings. The predicted molar refractivity (Wildman–Crippen MR) is 81.5 cm³/mol. The lowest BCUT2D eigenvalue weighted by atomic mass is 9.85. The molecule has 0 heterocycles. The molecular weight excluding hydrogens is 268 g/mol. The molecule has 0 atom stereocenters. The number of hydrogen-bond acceptors (Lipinski definition) is 3. The first kappa shape index (κ1) is 15.5. The Hall–Kier alpha value is -1.88. The van der Waals surface area contributed by atoms with Crippen LogP contribution in [0.5, 0.6) is 0 Å². The van der Waals surface area contributed by atoms with Gasteiger partial charge in [-0.25, -0.2) is 4.79 Å². The topological polar surface area (TPSA) is 78.4 Å². The van der Waals surface area contributed by atoms with E-state index in [4.69, 9.17) is 0 Å². The summed E-state index contributed by atoms with van der Waals surface area (Å²) in [4.78, 5) is 23.0. The van der Waals surface area contributed by atoms with Crippen LogP contribution in [-0.4, -0.2) is 29.1 Å². The number of anilines is 1. The van der Waals surface area contributed by atoms with Crippen LogP contribution in [0.4, 0.5) is 10.5 Å². The van der Waals surface area contributed by atoms with Crippen LogP contribution in [0.15, 0.2) is 24.3 Å². The first-order chi connectivity index (χ1) is 9.98. The molecule has 0 spiro atoms. The Bertz CT molecular complexity index is 505. The van der Waals surface area contributed by atoms with Gasteiger partial charge in [-0.3, -0.25) is 4.79 Å². The van der Waals surface area contributed by atoms with E-state index in [9.17, 15) is 14.7 Å². The van der Waals surface area contributed by atoms with Gasteiger partial charge in [0.25, 0.3) is 0 Å². The zero-order valence-corrected chi connectivity index (χ0v) is 12.3. The summed E-state index contributed by atoms with van der Waals surface area (Å²) in [5, 5.41) is 15.7. The van der Waals surface area contributed by atoms with Crippen LogP contribution in [0.25, 0.3) is 0 Å². The van der Waals surface area contributed by atoms with Gasteiger partial charge in [-0.05, 0) is 44.0 Å². The van der Waals surface area contributed by atoms with E-state index in [1.54, 1.807) is 24.3 Å². The minimum absolute atomic E-state index is 0.00878. The Morgan fingerprint density at radius 2 is 1.76 bits per heavy atom. The van der Waals surface area contributed by atoms with Gasteiger partial charge in [0.2, 0.25) is 0 Å². The fraction of sp³-hybridized carbons (Fsp3) is 0.500. The first-order valence-corrected chi connectivity index (χ1v) is 7.37. The average molecular weight is 290 g/mol. The maximum absolute atomic E-state index is 11.8. The molecule has 0 radical (unpaired) electrons. The van der Waals surface area contributed by atoms with Crippen molar-refractivity contribution in [2.24, 2.45) is 0 Å². The smallest absolute Gasteiger partial charge is 0.319 e. The lowest BCUT2D eigenvalue weighted by molar-refractivity contribution is 0.00755. The molecule has 0 bridgehead atoms. The number of carbonyl (C=O) groups is 2. The van der Waals surface area contributed by atoms with Crippen LogP contribution in [0.2, 0.25) is 0 Å². The summed E-state index contributed by atoms with van der Waals surface area (Å²) in [6.07, 6.45) is 4.64. The van der Waals surface area contributed by atoms with Crippen molar-refractivity contribution in [3.05, 3.63) is 29.8 Å². The van der Waals surface area contributed by atoms with Crippen LogP contribution in [0.1, 0.15) is 49.4 Å². The van der Waals surface area contributed by atoms with Crippen LogP contribution < -0.4 is 10.6 Å². The molecule has 0 saturated heterocycles. The normalized spacial score (nSPS) is 17.0. The summed E-state index contributed by atoms with van der Waals surface area (Å²) >= 11 is 0. The van der Waals surface area contributed by atoms with Crippen molar-refractivity contribution in [3.8, 4) is 0 Å². The molecule has 1 saturated carbocycles. The van der Waals surface area contributed by atoms with Crippen LogP contribution in [0, 0.1) is 0 Å². The molecule has 0 unspecified atom stereocenters. The number of ketones is 1. The summed E-state index contributed by atoms with van der Waals surface area (Å²) in [6, 6.07) is 6.38. The third kappa shape index (κ3) is 4.56. The Morgan fingerprint density at radius 3 is 2.33 bits per heavy atom. The molecule has 1 fully saturated rings. The van der Waals surface area contributed by atoms with E-state index < -0.39 is 5.60 Å². The summed E-state index contributed by atoms with van der Waals surface area (Å²) < 4.78 is 0. The number of nitrogens with one attached hydrogen (secondary N) is 2. The van der Waals surface area contributed by atoms with Gasteiger partial charge in [-0.15, -0.1) is 0 Å². The minimum Gasteiger partial charge on any atom is -0.388 e. The second-order valence-corrected chi connectivity index (χ2v) is 5.73. The quantitative estimate of drug-likeness (QED) is 0.746. The van der Waals surface area contributed by atoms with E-state index in [2.05, 4.69) is 10.6 Å². The second kappa shape index (κ2) is 6.72. The highest BCUT2D eigenvalue weighted by Crippen LogP contribution is 2.27. The third-order valence-electron chi connectivity index (χ3n) is 3.91. The highest BCUT2D eigenvalue weighted by molar-refractivity contribution is 5.95. The number of benzene rings is 1. The Kier molecular flexibility index (Phi) is 4.96. The number of Topliss-reactive ketones (excluding diaryl/α,β-unsaturated/α-hetero) is 1. The molecule has 1 aliphatic rings. The van der Waals surface area contributed by atoms with Crippen molar-refractivity contribution in [3.63, 3.8) is 0 Å². The van der Waals surface area contributed by atoms with Crippen molar-refractivity contribution >= 4 is 17.5 Å². The first-order valence-electron chi connectivity index (χ1n) is 7.37. The molecule has 21 heavy (non-hydrogen) atoms. The molecular formula is C16H22N2O3. The molecule has 2 amide bonds. The predicted octanol–water partition coefficient (Wildman–Crippen LogP) is 2.71. The van der Waals surface area contributed by atoms with Crippen molar-refractivity contribution < 1.29 is 14.7 Å². The molecule has 3 N–H and O–H groups in total. The van der Waals surface area contributed by atoms with E-state index >= 15 is 0 Å². The van der Waals surface area contributed by atoms with Gasteiger partial charge in [0.15, 0.2) is 5.78 Å². The van der Waals surface area contributed by atoms with Gasteiger partial charge in [0.1, 0.15) is 0 Å². The van der Waals surface area contributed by atoms with Gasteiger partial charge < -0.3 is 15.7 Å². The molecule has 1 aliphatic carbocycles. The minimum atomic E-state index is -0.770. The van der Waals surface area contributed by atoms with Gasteiger partial charge in [-0.1, -0.05) is 19.3 Å².